The van der Waals surface area contributed by atoms with Gasteiger partial charge in [-0.1, -0.05) is 12.1 Å². The maximum Gasteiger partial charge on any atom is 0.225 e. The van der Waals surface area contributed by atoms with Crippen molar-refractivity contribution >= 4 is 11.7 Å². The Bertz CT molecular complexity index is 1070. The van der Waals surface area contributed by atoms with Crippen molar-refractivity contribution in [2.75, 3.05) is 45.4 Å². The minimum atomic E-state index is 0.0409. The molecule has 0 unspecified atom stereocenters. The molecule has 4 rings (SSSR count). The summed E-state index contributed by atoms with van der Waals surface area (Å²) in [7, 11) is 3.27. The molecule has 7 nitrogen and oxygen atoms in total. The summed E-state index contributed by atoms with van der Waals surface area (Å²) in [4.78, 5) is 21.8. The van der Waals surface area contributed by atoms with E-state index in [0.717, 1.165) is 46.8 Å². The Morgan fingerprint density at radius 1 is 1.27 bits per heavy atom. The fraction of sp³-hybridized carbons (Fsp3) is 0.500. The summed E-state index contributed by atoms with van der Waals surface area (Å²) < 4.78 is 10.5. The van der Waals surface area contributed by atoms with Gasteiger partial charge in [0.1, 0.15) is 17.6 Å². The first-order chi connectivity index (χ1) is 16.0. The second-order valence-corrected chi connectivity index (χ2v) is 8.94. The molecule has 1 aromatic heterocycles. The van der Waals surface area contributed by atoms with Crippen molar-refractivity contribution < 1.29 is 14.3 Å². The zero-order valence-electron chi connectivity index (χ0n) is 19.9. The van der Waals surface area contributed by atoms with E-state index in [4.69, 9.17) is 14.5 Å². The van der Waals surface area contributed by atoms with Crippen molar-refractivity contribution in [2.24, 2.45) is 0 Å². The predicted molar refractivity (Wildman–Crippen MR) is 128 cm³/mol. The monoisotopic (exact) mass is 448 g/mol. The van der Waals surface area contributed by atoms with Gasteiger partial charge in [0.25, 0.3) is 0 Å². The van der Waals surface area contributed by atoms with Gasteiger partial charge in [0.2, 0.25) is 5.91 Å². The normalized spacial score (nSPS) is 18.2. The molecule has 0 bridgehead atoms. The quantitative estimate of drug-likeness (QED) is 0.640. The summed E-state index contributed by atoms with van der Waals surface area (Å²) in [6.07, 6.45) is 2.63. The lowest BCUT2D eigenvalue weighted by molar-refractivity contribution is -0.134. The molecular formula is C26H32N4O3. The third-order valence-corrected chi connectivity index (χ3v) is 6.66. The standard InChI is InChI=1S/C26H32N4O3/c1-17-16-29(11-12-30(17)23(31)10-13-32-3)26-22(15-27)18(2)24(25(28-26)19-8-9-19)20-6-5-7-21(14-20)33-4/h5-7,14,17,19H,8-13,16H2,1-4H3/t17-/m1/s1. The van der Waals surface area contributed by atoms with Gasteiger partial charge in [0.15, 0.2) is 0 Å². The first kappa shape index (κ1) is 23.1. The fourth-order valence-electron chi connectivity index (χ4n) is 4.72. The van der Waals surface area contributed by atoms with E-state index in [0.29, 0.717) is 44.1 Å². The van der Waals surface area contributed by atoms with Gasteiger partial charge in [0, 0.05) is 44.3 Å². The van der Waals surface area contributed by atoms with Crippen LogP contribution in [0.5, 0.6) is 5.75 Å². The number of nitriles is 1. The maximum absolute atomic E-state index is 12.5. The number of benzene rings is 1. The highest BCUT2D eigenvalue weighted by molar-refractivity contribution is 5.79. The summed E-state index contributed by atoms with van der Waals surface area (Å²) in [5, 5.41) is 10.1. The van der Waals surface area contributed by atoms with Crippen molar-refractivity contribution in [1.82, 2.24) is 9.88 Å². The molecule has 1 saturated carbocycles. The summed E-state index contributed by atoms with van der Waals surface area (Å²) in [6.45, 7) is 6.45. The lowest BCUT2D eigenvalue weighted by atomic mass is 9.93. The number of hydrogen-bond acceptors (Lipinski definition) is 6. The SMILES string of the molecule is COCCC(=O)N1CCN(c2nc(C3CC3)c(-c3cccc(OC)c3)c(C)c2C#N)C[C@H]1C. The minimum absolute atomic E-state index is 0.0409. The van der Waals surface area contributed by atoms with Gasteiger partial charge >= 0.3 is 0 Å². The molecule has 1 saturated heterocycles. The molecule has 33 heavy (non-hydrogen) atoms. The minimum Gasteiger partial charge on any atom is -0.497 e. The summed E-state index contributed by atoms with van der Waals surface area (Å²) >= 11 is 0. The van der Waals surface area contributed by atoms with Gasteiger partial charge in [-0.25, -0.2) is 4.98 Å². The van der Waals surface area contributed by atoms with Crippen molar-refractivity contribution in [2.45, 2.75) is 45.1 Å². The molecule has 1 aliphatic heterocycles. The topological polar surface area (TPSA) is 78.7 Å². The molecule has 2 heterocycles. The lowest BCUT2D eigenvalue weighted by Gasteiger charge is -2.41. The van der Waals surface area contributed by atoms with Crippen LogP contribution in [-0.4, -0.2) is 62.3 Å². The molecule has 1 aromatic carbocycles. The van der Waals surface area contributed by atoms with E-state index >= 15 is 0 Å². The first-order valence-electron chi connectivity index (χ1n) is 11.6. The Morgan fingerprint density at radius 3 is 2.70 bits per heavy atom. The van der Waals surface area contributed by atoms with Crippen molar-refractivity contribution in [1.29, 1.82) is 5.26 Å². The van der Waals surface area contributed by atoms with E-state index in [-0.39, 0.29) is 11.9 Å². The molecule has 0 radical (unpaired) electrons. The van der Waals surface area contributed by atoms with Gasteiger partial charge in [-0.05, 0) is 49.9 Å². The molecule has 1 aliphatic carbocycles. The van der Waals surface area contributed by atoms with E-state index < -0.39 is 0 Å². The van der Waals surface area contributed by atoms with Crippen LogP contribution in [0.4, 0.5) is 5.82 Å². The number of carbonyl (C=O) groups is 1. The molecule has 0 N–H and O–H groups in total. The fourth-order valence-corrected chi connectivity index (χ4v) is 4.72. The molecule has 2 fully saturated rings. The molecule has 1 atom stereocenters. The molecular weight excluding hydrogens is 416 g/mol. The molecule has 1 amide bonds. The Morgan fingerprint density at radius 2 is 2.06 bits per heavy atom. The van der Waals surface area contributed by atoms with Crippen LogP contribution in [0.15, 0.2) is 24.3 Å². The van der Waals surface area contributed by atoms with Crippen LogP contribution in [0.2, 0.25) is 0 Å². The molecule has 0 spiro atoms. The van der Waals surface area contributed by atoms with Crippen LogP contribution in [0.25, 0.3) is 11.1 Å². The summed E-state index contributed by atoms with van der Waals surface area (Å²) in [5.41, 5.74) is 4.73. The number of nitrogens with zero attached hydrogens (tertiary/aromatic N) is 4. The van der Waals surface area contributed by atoms with E-state index in [1.165, 1.54) is 0 Å². The number of carbonyl (C=O) groups excluding carboxylic acids is 1. The third-order valence-electron chi connectivity index (χ3n) is 6.66. The van der Waals surface area contributed by atoms with Crippen molar-refractivity contribution in [3.8, 4) is 22.9 Å². The number of pyridine rings is 1. The highest BCUT2D eigenvalue weighted by atomic mass is 16.5. The molecule has 2 aromatic rings. The van der Waals surface area contributed by atoms with E-state index in [9.17, 15) is 10.1 Å². The second kappa shape index (κ2) is 9.80. The van der Waals surface area contributed by atoms with E-state index in [2.05, 4.69) is 24.0 Å². The first-order valence-corrected chi connectivity index (χ1v) is 11.6. The average Bonchev–Trinajstić information content (AvgIpc) is 3.67. The zero-order valence-corrected chi connectivity index (χ0v) is 19.9. The third kappa shape index (κ3) is 4.67. The van der Waals surface area contributed by atoms with E-state index in [1.807, 2.05) is 30.0 Å². The van der Waals surface area contributed by atoms with Crippen LogP contribution < -0.4 is 9.64 Å². The van der Waals surface area contributed by atoms with Gasteiger partial charge in [-0.2, -0.15) is 5.26 Å². The highest BCUT2D eigenvalue weighted by Gasteiger charge is 2.34. The van der Waals surface area contributed by atoms with Crippen molar-refractivity contribution in [3.63, 3.8) is 0 Å². The number of methoxy groups -OCH3 is 2. The molecule has 2 aliphatic rings. The van der Waals surface area contributed by atoms with Gasteiger partial charge in [-0.15, -0.1) is 0 Å². The Balaban J connectivity index is 1.69. The maximum atomic E-state index is 12.5. The number of rotatable bonds is 7. The zero-order chi connectivity index (χ0) is 23.5. The number of hydrogen-bond donors (Lipinski definition) is 0. The van der Waals surface area contributed by atoms with Crippen LogP contribution in [0.3, 0.4) is 0 Å². The molecule has 7 heteroatoms. The largest absolute Gasteiger partial charge is 0.497 e. The number of amides is 1. The van der Waals surface area contributed by atoms with Gasteiger partial charge < -0.3 is 19.3 Å². The number of ether oxygens (including phenoxy) is 2. The van der Waals surface area contributed by atoms with Crippen LogP contribution >= 0.6 is 0 Å². The average molecular weight is 449 g/mol. The van der Waals surface area contributed by atoms with E-state index in [1.54, 1.807) is 14.2 Å². The van der Waals surface area contributed by atoms with Crippen molar-refractivity contribution in [3.05, 3.63) is 41.1 Å². The molecule has 174 valence electrons. The Hall–Kier alpha value is -3.11. The smallest absolute Gasteiger partial charge is 0.225 e. The van der Waals surface area contributed by atoms with Crippen LogP contribution in [0, 0.1) is 18.3 Å². The number of anilines is 1. The summed E-state index contributed by atoms with van der Waals surface area (Å²) in [6, 6.07) is 10.5. The van der Waals surface area contributed by atoms with Crippen LogP contribution in [-0.2, 0) is 9.53 Å². The second-order valence-electron chi connectivity index (χ2n) is 8.94. The van der Waals surface area contributed by atoms with Gasteiger partial charge in [-0.3, -0.25) is 4.79 Å². The lowest BCUT2D eigenvalue weighted by Crippen LogP contribution is -2.54. The van der Waals surface area contributed by atoms with Gasteiger partial charge in [0.05, 0.1) is 31.4 Å². The predicted octanol–water partition coefficient (Wildman–Crippen LogP) is 3.89. The Labute approximate surface area is 195 Å². The summed E-state index contributed by atoms with van der Waals surface area (Å²) in [5.74, 6) is 2.07. The van der Waals surface area contributed by atoms with Crippen LogP contribution in [0.1, 0.15) is 48.9 Å². The number of aromatic nitrogens is 1. The Kier molecular flexibility index (Phi) is 6.85. The highest BCUT2D eigenvalue weighted by Crippen LogP contribution is 2.47. The number of piperazine rings is 1.